The Balaban J connectivity index is 1.32. The fourth-order valence-corrected chi connectivity index (χ4v) is 4.37. The van der Waals surface area contributed by atoms with Crippen molar-refractivity contribution in [1.82, 2.24) is 15.2 Å². The second kappa shape index (κ2) is 9.62. The number of aromatic nitrogens is 1. The van der Waals surface area contributed by atoms with Crippen LogP contribution in [0.2, 0.25) is 10.0 Å². The molecule has 0 saturated carbocycles. The van der Waals surface area contributed by atoms with Crippen LogP contribution >= 0.6 is 23.2 Å². The lowest BCUT2D eigenvalue weighted by atomic mass is 10.00. The summed E-state index contributed by atoms with van der Waals surface area (Å²) in [5.74, 6) is -0.186. The van der Waals surface area contributed by atoms with Crippen LogP contribution < -0.4 is 5.32 Å². The predicted octanol–water partition coefficient (Wildman–Crippen LogP) is 3.57. The van der Waals surface area contributed by atoms with Crippen LogP contribution in [0.25, 0.3) is 0 Å². The third-order valence-electron chi connectivity index (χ3n) is 5.59. The maximum atomic E-state index is 12.4. The summed E-state index contributed by atoms with van der Waals surface area (Å²) in [7, 11) is 0. The molecule has 3 heterocycles. The number of carbonyl (C=O) groups is 1. The van der Waals surface area contributed by atoms with Crippen LogP contribution in [-0.2, 0) is 16.0 Å². The Morgan fingerprint density at radius 1 is 1.23 bits per heavy atom. The number of hydrogen-bond donors (Lipinski definition) is 1. The van der Waals surface area contributed by atoms with E-state index in [0.717, 1.165) is 32.5 Å². The molecule has 1 aromatic carbocycles. The first-order valence-electron chi connectivity index (χ1n) is 10.1. The van der Waals surface area contributed by atoms with Gasteiger partial charge < -0.3 is 14.8 Å². The van der Waals surface area contributed by atoms with E-state index in [1.54, 1.807) is 18.2 Å². The zero-order valence-corrected chi connectivity index (χ0v) is 18.2. The van der Waals surface area contributed by atoms with Gasteiger partial charge in [-0.1, -0.05) is 23.2 Å². The Hall–Kier alpha value is -1.70. The van der Waals surface area contributed by atoms with Crippen LogP contribution in [0.4, 0.5) is 0 Å². The predicted molar refractivity (Wildman–Crippen MR) is 116 cm³/mol. The number of pyridine rings is 1. The van der Waals surface area contributed by atoms with E-state index in [1.807, 2.05) is 24.5 Å². The smallest absolute Gasteiger partial charge is 0.251 e. The second-order valence-electron chi connectivity index (χ2n) is 7.92. The number of benzene rings is 1. The molecule has 4 rings (SSSR count). The third kappa shape index (κ3) is 5.31. The number of rotatable bonds is 5. The summed E-state index contributed by atoms with van der Waals surface area (Å²) in [6.45, 7) is 4.24. The molecular weight excluding hydrogens is 425 g/mol. The molecule has 0 unspecified atom stereocenters. The van der Waals surface area contributed by atoms with Crippen LogP contribution in [-0.4, -0.2) is 60.3 Å². The molecule has 6 nitrogen and oxygen atoms in total. The fraction of sp³-hybridized carbons (Fsp3) is 0.455. The topological polar surface area (TPSA) is 63.7 Å². The average molecular weight is 450 g/mol. The van der Waals surface area contributed by atoms with Gasteiger partial charge in [-0.05, 0) is 48.7 Å². The SMILES string of the molecule is O=C(NC[C@@H]1CC[C@@]2(COCCN(Cc3ccncc3)C2)O1)c1ccc(Cl)c(Cl)c1. The number of halogens is 2. The molecule has 2 atom stereocenters. The molecular formula is C22H25Cl2N3O3. The zero-order chi connectivity index (χ0) is 21.0. The van der Waals surface area contributed by atoms with Crippen LogP contribution in [0.3, 0.4) is 0 Å². The van der Waals surface area contributed by atoms with Crippen molar-refractivity contribution in [3.63, 3.8) is 0 Å². The maximum Gasteiger partial charge on any atom is 0.251 e. The monoisotopic (exact) mass is 449 g/mol. The van der Waals surface area contributed by atoms with E-state index in [-0.39, 0.29) is 17.6 Å². The molecule has 0 radical (unpaired) electrons. The molecule has 1 N–H and O–H groups in total. The zero-order valence-electron chi connectivity index (χ0n) is 16.7. The first-order valence-corrected chi connectivity index (χ1v) is 10.9. The highest BCUT2D eigenvalue weighted by molar-refractivity contribution is 6.42. The summed E-state index contributed by atoms with van der Waals surface area (Å²) in [5.41, 5.74) is 1.38. The number of hydrogen-bond acceptors (Lipinski definition) is 5. The van der Waals surface area contributed by atoms with Crippen molar-refractivity contribution in [1.29, 1.82) is 0 Å². The summed E-state index contributed by atoms with van der Waals surface area (Å²) in [4.78, 5) is 18.9. The number of amides is 1. The second-order valence-corrected chi connectivity index (χ2v) is 8.73. The van der Waals surface area contributed by atoms with E-state index < -0.39 is 0 Å². The molecule has 1 spiro atoms. The number of nitrogens with zero attached hydrogens (tertiary/aromatic N) is 2. The van der Waals surface area contributed by atoms with Gasteiger partial charge in [0.05, 0.1) is 29.4 Å². The third-order valence-corrected chi connectivity index (χ3v) is 6.33. The van der Waals surface area contributed by atoms with Crippen LogP contribution in [0.1, 0.15) is 28.8 Å². The maximum absolute atomic E-state index is 12.4. The average Bonchev–Trinajstić information content (AvgIpc) is 3.03. The van der Waals surface area contributed by atoms with Gasteiger partial charge in [-0.25, -0.2) is 0 Å². The number of ether oxygens (including phenoxy) is 2. The van der Waals surface area contributed by atoms with Gasteiger partial charge in [-0.2, -0.15) is 0 Å². The van der Waals surface area contributed by atoms with Gasteiger partial charge in [-0.3, -0.25) is 14.7 Å². The van der Waals surface area contributed by atoms with Crippen LogP contribution in [0.15, 0.2) is 42.7 Å². The molecule has 0 aliphatic carbocycles. The minimum atomic E-state index is -0.331. The molecule has 2 fully saturated rings. The summed E-state index contributed by atoms with van der Waals surface area (Å²) in [6, 6.07) is 8.94. The van der Waals surface area contributed by atoms with Crippen LogP contribution in [0, 0.1) is 0 Å². The summed E-state index contributed by atoms with van der Waals surface area (Å²) in [5, 5.41) is 3.74. The van der Waals surface area contributed by atoms with E-state index in [4.69, 9.17) is 32.7 Å². The van der Waals surface area contributed by atoms with Crippen molar-refractivity contribution in [2.24, 2.45) is 0 Å². The molecule has 2 aliphatic heterocycles. The van der Waals surface area contributed by atoms with Gasteiger partial charge in [0.2, 0.25) is 0 Å². The molecule has 1 amide bonds. The van der Waals surface area contributed by atoms with Crippen molar-refractivity contribution in [3.05, 3.63) is 63.9 Å². The summed E-state index contributed by atoms with van der Waals surface area (Å²) < 4.78 is 12.3. The molecule has 2 aromatic rings. The standard InChI is InChI=1S/C22H25Cl2N3O3/c23-19-2-1-17(11-20(19)24)21(28)26-12-18-3-6-22(30-18)14-27(9-10-29-15-22)13-16-4-7-25-8-5-16/h1-2,4-5,7-8,11,18H,3,6,9-10,12-15H2,(H,26,28)/t18-,22+/m0/s1. The molecule has 160 valence electrons. The largest absolute Gasteiger partial charge is 0.377 e. The van der Waals surface area contributed by atoms with Gasteiger partial charge in [0.25, 0.3) is 5.91 Å². The van der Waals surface area contributed by atoms with Gasteiger partial charge in [0.15, 0.2) is 0 Å². The number of carbonyl (C=O) groups excluding carboxylic acids is 1. The van der Waals surface area contributed by atoms with Crippen molar-refractivity contribution in [2.45, 2.75) is 31.1 Å². The minimum Gasteiger partial charge on any atom is -0.377 e. The minimum absolute atomic E-state index is 0.0406. The summed E-state index contributed by atoms with van der Waals surface area (Å²) >= 11 is 11.9. The first kappa shape index (κ1) is 21.5. The van der Waals surface area contributed by atoms with E-state index in [1.165, 1.54) is 5.56 Å². The first-order chi connectivity index (χ1) is 14.5. The van der Waals surface area contributed by atoms with E-state index >= 15 is 0 Å². The van der Waals surface area contributed by atoms with Crippen molar-refractivity contribution >= 4 is 29.1 Å². The number of nitrogens with one attached hydrogen (secondary N) is 1. The quantitative estimate of drug-likeness (QED) is 0.755. The van der Waals surface area contributed by atoms with Gasteiger partial charge in [0, 0.05) is 44.1 Å². The molecule has 1 aromatic heterocycles. The molecule has 30 heavy (non-hydrogen) atoms. The Kier molecular flexibility index (Phi) is 6.91. The van der Waals surface area contributed by atoms with Gasteiger partial charge in [-0.15, -0.1) is 0 Å². The van der Waals surface area contributed by atoms with E-state index in [0.29, 0.717) is 35.4 Å². The van der Waals surface area contributed by atoms with Crippen molar-refractivity contribution in [3.8, 4) is 0 Å². The van der Waals surface area contributed by atoms with Crippen LogP contribution in [0.5, 0.6) is 0 Å². The molecule has 2 aliphatic rings. The Labute approximate surface area is 186 Å². The Morgan fingerprint density at radius 3 is 2.87 bits per heavy atom. The van der Waals surface area contributed by atoms with E-state index in [9.17, 15) is 4.79 Å². The fourth-order valence-electron chi connectivity index (χ4n) is 4.07. The normalized spacial score (nSPS) is 24.7. The highest BCUT2D eigenvalue weighted by Crippen LogP contribution is 2.33. The lowest BCUT2D eigenvalue weighted by Gasteiger charge is -2.32. The van der Waals surface area contributed by atoms with E-state index in [2.05, 4.69) is 15.2 Å². The molecule has 8 heteroatoms. The Bertz CT molecular complexity index is 883. The molecule has 2 saturated heterocycles. The lowest BCUT2D eigenvalue weighted by molar-refractivity contribution is -0.0849. The van der Waals surface area contributed by atoms with Gasteiger partial charge >= 0.3 is 0 Å². The highest BCUT2D eigenvalue weighted by atomic mass is 35.5. The lowest BCUT2D eigenvalue weighted by Crippen LogP contribution is -2.45. The molecule has 0 bridgehead atoms. The summed E-state index contributed by atoms with van der Waals surface area (Å²) in [6.07, 6.45) is 5.39. The Morgan fingerprint density at radius 2 is 2.07 bits per heavy atom. The van der Waals surface area contributed by atoms with Crippen molar-refractivity contribution in [2.75, 3.05) is 32.8 Å². The van der Waals surface area contributed by atoms with Gasteiger partial charge in [0.1, 0.15) is 5.60 Å². The highest BCUT2D eigenvalue weighted by Gasteiger charge is 2.43. The van der Waals surface area contributed by atoms with Crippen molar-refractivity contribution < 1.29 is 14.3 Å².